The third-order valence-electron chi connectivity index (χ3n) is 5.10. The summed E-state index contributed by atoms with van der Waals surface area (Å²) in [5, 5.41) is 0. The Kier molecular flexibility index (Phi) is 2.83. The van der Waals surface area contributed by atoms with Crippen LogP contribution in [0.1, 0.15) is 52.4 Å². The number of carbonyl (C=O) groups excluding carboxylic acids is 1. The molecule has 1 heterocycles. The summed E-state index contributed by atoms with van der Waals surface area (Å²) in [7, 11) is 4.20. The van der Waals surface area contributed by atoms with Gasteiger partial charge in [0.25, 0.3) is 0 Å². The highest BCUT2D eigenvalue weighted by Crippen LogP contribution is 2.51. The fraction of sp³-hybridized carbons (Fsp3) is 0.812. The molecule has 2 bridgehead atoms. The number of Topliss-reactive ketones (excluding diaryl/α,β-unsaturated/α-hetero) is 1. The Hall–Kier alpha value is -0.830. The number of hydrogen-bond acceptors (Lipinski definition) is 3. The lowest BCUT2D eigenvalue weighted by molar-refractivity contribution is -0.161. The fourth-order valence-corrected chi connectivity index (χ4v) is 4.10. The second-order valence-corrected chi connectivity index (χ2v) is 7.51. The minimum Gasteiger partial charge on any atom is -0.476 e. The first-order valence-electron chi connectivity index (χ1n) is 7.46. The van der Waals surface area contributed by atoms with Gasteiger partial charge in [0, 0.05) is 31.3 Å². The Balaban J connectivity index is 2.02. The van der Waals surface area contributed by atoms with Crippen LogP contribution in [0.15, 0.2) is 11.3 Å². The molecule has 3 nitrogen and oxygen atoms in total. The zero-order chi connectivity index (χ0) is 13.8. The molecule has 0 aromatic rings. The van der Waals surface area contributed by atoms with Crippen molar-refractivity contribution in [3.63, 3.8) is 0 Å². The Morgan fingerprint density at radius 2 is 2.00 bits per heavy atom. The van der Waals surface area contributed by atoms with E-state index in [1.807, 2.05) is 0 Å². The Morgan fingerprint density at radius 1 is 1.26 bits per heavy atom. The predicted molar refractivity (Wildman–Crippen MR) is 74.5 cm³/mol. The van der Waals surface area contributed by atoms with Crippen molar-refractivity contribution in [2.75, 3.05) is 14.1 Å². The summed E-state index contributed by atoms with van der Waals surface area (Å²) in [5.41, 5.74) is 0.932. The molecule has 1 aliphatic heterocycles. The third kappa shape index (κ3) is 2.03. The largest absolute Gasteiger partial charge is 0.476 e. The summed E-state index contributed by atoms with van der Waals surface area (Å²) in [5.74, 6) is 1.78. The average Bonchev–Trinajstić information content (AvgIpc) is 2.25. The highest BCUT2D eigenvalue weighted by Gasteiger charge is 2.50. The molecule has 0 aromatic carbocycles. The van der Waals surface area contributed by atoms with E-state index in [0.717, 1.165) is 43.4 Å². The van der Waals surface area contributed by atoms with Crippen LogP contribution < -0.4 is 0 Å². The van der Waals surface area contributed by atoms with Gasteiger partial charge in [0.2, 0.25) is 0 Å². The lowest BCUT2D eigenvalue weighted by Gasteiger charge is -2.52. The maximum atomic E-state index is 12.5. The number of fused-ring (bicyclic) bond motifs is 3. The van der Waals surface area contributed by atoms with E-state index in [-0.39, 0.29) is 11.1 Å². The van der Waals surface area contributed by atoms with E-state index in [1.165, 1.54) is 0 Å². The number of carbonyl (C=O) groups is 1. The highest BCUT2D eigenvalue weighted by atomic mass is 16.5. The molecule has 0 amide bonds. The second-order valence-electron chi connectivity index (χ2n) is 7.51. The van der Waals surface area contributed by atoms with Crippen molar-refractivity contribution in [2.24, 2.45) is 11.3 Å². The van der Waals surface area contributed by atoms with Gasteiger partial charge in [-0.25, -0.2) is 0 Å². The lowest BCUT2D eigenvalue weighted by atomic mass is 9.67. The van der Waals surface area contributed by atoms with Gasteiger partial charge in [0.1, 0.15) is 5.76 Å². The van der Waals surface area contributed by atoms with Crippen LogP contribution in [0.5, 0.6) is 0 Å². The fourth-order valence-electron chi connectivity index (χ4n) is 4.10. The SMILES string of the molecule is CN(C)[C@@]12CCC[C@H](C1)C1=C(CC(C)(C)CC1=O)O2. The first-order chi connectivity index (χ1) is 8.83. The van der Waals surface area contributed by atoms with Crippen LogP contribution in [-0.2, 0) is 9.53 Å². The summed E-state index contributed by atoms with van der Waals surface area (Å²) in [4.78, 5) is 14.7. The molecule has 3 aliphatic rings. The first-order valence-corrected chi connectivity index (χ1v) is 7.46. The zero-order valence-corrected chi connectivity index (χ0v) is 12.6. The minimum atomic E-state index is -0.157. The van der Waals surface area contributed by atoms with Crippen molar-refractivity contribution < 1.29 is 9.53 Å². The van der Waals surface area contributed by atoms with Crippen molar-refractivity contribution in [2.45, 2.75) is 58.1 Å². The topological polar surface area (TPSA) is 29.5 Å². The molecule has 0 unspecified atom stereocenters. The maximum absolute atomic E-state index is 12.5. The third-order valence-corrected chi connectivity index (χ3v) is 5.10. The smallest absolute Gasteiger partial charge is 0.163 e. The van der Waals surface area contributed by atoms with Crippen LogP contribution in [0.4, 0.5) is 0 Å². The van der Waals surface area contributed by atoms with Crippen LogP contribution in [0.2, 0.25) is 0 Å². The van der Waals surface area contributed by atoms with Gasteiger partial charge in [0.15, 0.2) is 11.5 Å². The normalized spacial score (nSPS) is 37.1. The number of nitrogens with zero attached hydrogens (tertiary/aromatic N) is 1. The van der Waals surface area contributed by atoms with Gasteiger partial charge in [-0.1, -0.05) is 13.8 Å². The molecule has 0 N–H and O–H groups in total. The molecule has 3 heteroatoms. The van der Waals surface area contributed by atoms with Gasteiger partial charge >= 0.3 is 0 Å². The molecule has 0 aromatic heterocycles. The molecule has 0 radical (unpaired) electrons. The van der Waals surface area contributed by atoms with E-state index in [9.17, 15) is 4.79 Å². The lowest BCUT2D eigenvalue weighted by Crippen LogP contribution is -2.54. The molecule has 0 spiro atoms. The van der Waals surface area contributed by atoms with Gasteiger partial charge in [-0.2, -0.15) is 0 Å². The van der Waals surface area contributed by atoms with Crippen LogP contribution in [0, 0.1) is 11.3 Å². The number of ether oxygens (including phenoxy) is 1. The molecule has 2 aliphatic carbocycles. The van der Waals surface area contributed by atoms with E-state index < -0.39 is 0 Å². The molecular formula is C16H25NO2. The zero-order valence-electron chi connectivity index (χ0n) is 12.6. The van der Waals surface area contributed by atoms with Crippen LogP contribution in [0.3, 0.4) is 0 Å². The molecule has 19 heavy (non-hydrogen) atoms. The average molecular weight is 263 g/mol. The quantitative estimate of drug-likeness (QED) is 0.728. The van der Waals surface area contributed by atoms with Gasteiger partial charge in [-0.3, -0.25) is 9.69 Å². The van der Waals surface area contributed by atoms with Gasteiger partial charge in [-0.15, -0.1) is 0 Å². The molecule has 2 atom stereocenters. The molecule has 0 saturated heterocycles. The van der Waals surface area contributed by atoms with E-state index in [0.29, 0.717) is 18.1 Å². The van der Waals surface area contributed by atoms with Crippen molar-refractivity contribution >= 4 is 5.78 Å². The number of allylic oxidation sites excluding steroid dienone is 2. The van der Waals surface area contributed by atoms with E-state index >= 15 is 0 Å². The number of hydrogen-bond donors (Lipinski definition) is 0. The van der Waals surface area contributed by atoms with Crippen LogP contribution in [-0.4, -0.2) is 30.5 Å². The molecule has 1 saturated carbocycles. The Morgan fingerprint density at radius 3 is 2.68 bits per heavy atom. The van der Waals surface area contributed by atoms with E-state index in [2.05, 4.69) is 32.8 Å². The van der Waals surface area contributed by atoms with E-state index in [1.54, 1.807) is 0 Å². The summed E-state index contributed by atoms with van der Waals surface area (Å²) >= 11 is 0. The molecule has 1 fully saturated rings. The standard InChI is InChI=1S/C16H25NO2/c1-15(2)9-12(18)14-11-6-5-7-16(8-11,17(3)4)19-13(14)10-15/h11H,5-10H2,1-4H3/t11-,16-/m1/s1. The van der Waals surface area contributed by atoms with Crippen LogP contribution >= 0.6 is 0 Å². The Labute approximate surface area is 116 Å². The summed E-state index contributed by atoms with van der Waals surface area (Å²) < 4.78 is 6.40. The first kappa shape index (κ1) is 13.2. The molecule has 106 valence electrons. The number of ketones is 1. The Bertz CT molecular complexity index is 450. The summed E-state index contributed by atoms with van der Waals surface area (Å²) in [6.45, 7) is 4.34. The van der Waals surface area contributed by atoms with Gasteiger partial charge in [-0.05, 0) is 38.3 Å². The van der Waals surface area contributed by atoms with E-state index in [4.69, 9.17) is 4.74 Å². The van der Waals surface area contributed by atoms with Crippen LogP contribution in [0.25, 0.3) is 0 Å². The number of rotatable bonds is 1. The summed E-state index contributed by atoms with van der Waals surface area (Å²) in [6.07, 6.45) is 5.99. The second kappa shape index (κ2) is 4.08. The monoisotopic (exact) mass is 263 g/mol. The molecular weight excluding hydrogens is 238 g/mol. The highest BCUT2D eigenvalue weighted by molar-refractivity contribution is 5.97. The maximum Gasteiger partial charge on any atom is 0.163 e. The predicted octanol–water partition coefficient (Wildman–Crippen LogP) is 3.11. The van der Waals surface area contributed by atoms with Crippen molar-refractivity contribution in [3.05, 3.63) is 11.3 Å². The minimum absolute atomic E-state index is 0.0507. The molecule has 3 rings (SSSR count). The van der Waals surface area contributed by atoms with Gasteiger partial charge < -0.3 is 4.74 Å². The van der Waals surface area contributed by atoms with Crippen molar-refractivity contribution in [1.82, 2.24) is 4.90 Å². The van der Waals surface area contributed by atoms with Gasteiger partial charge in [0.05, 0.1) is 0 Å². The van der Waals surface area contributed by atoms with Crippen molar-refractivity contribution in [1.29, 1.82) is 0 Å². The summed E-state index contributed by atoms with van der Waals surface area (Å²) in [6, 6.07) is 0. The van der Waals surface area contributed by atoms with Crippen molar-refractivity contribution in [3.8, 4) is 0 Å².